The third kappa shape index (κ3) is 2.89. The number of phenols is 1. The van der Waals surface area contributed by atoms with Gasteiger partial charge < -0.3 is 10.4 Å². The molecule has 0 saturated heterocycles. The van der Waals surface area contributed by atoms with E-state index in [1.807, 2.05) is 0 Å². The Bertz CT molecular complexity index is 402. The molecule has 0 aliphatic heterocycles. The lowest BCUT2D eigenvalue weighted by atomic mass is 9.95. The second-order valence-electron chi connectivity index (χ2n) is 4.47. The Kier molecular flexibility index (Phi) is 3.81. The number of nitrogens with one attached hydrogen (secondary N) is 1. The molecule has 0 aliphatic carbocycles. The number of aryl methyl sites for hydroxylation is 1. The fraction of sp³-hybridized carbons (Fsp3) is 0.417. The number of carbonyl (C=O) groups is 1. The second-order valence-corrected chi connectivity index (χ2v) is 4.74. The maximum absolute atomic E-state index is 11.8. The molecule has 0 bridgehead atoms. The molecular formula is C12H16ClNO2. The van der Waals surface area contributed by atoms with E-state index in [2.05, 4.69) is 5.32 Å². The number of benzene rings is 1. The van der Waals surface area contributed by atoms with Crippen LogP contribution in [0.2, 0.25) is 0 Å². The summed E-state index contributed by atoms with van der Waals surface area (Å²) in [7, 11) is 0. The largest absolute Gasteiger partial charge is 0.508 e. The van der Waals surface area contributed by atoms with Crippen LogP contribution in [0.3, 0.4) is 0 Å². The molecule has 0 radical (unpaired) electrons. The Hall–Kier alpha value is -1.22. The van der Waals surface area contributed by atoms with Gasteiger partial charge in [-0.15, -0.1) is 11.6 Å². The minimum Gasteiger partial charge on any atom is -0.508 e. The van der Waals surface area contributed by atoms with E-state index >= 15 is 0 Å². The minimum absolute atomic E-state index is 0.161. The summed E-state index contributed by atoms with van der Waals surface area (Å²) in [6, 6.07) is 5.02. The lowest BCUT2D eigenvalue weighted by Crippen LogP contribution is -2.32. The summed E-state index contributed by atoms with van der Waals surface area (Å²) in [5.41, 5.74) is 0.725. The highest BCUT2D eigenvalue weighted by Crippen LogP contribution is 2.24. The van der Waals surface area contributed by atoms with Gasteiger partial charge in [0.15, 0.2) is 0 Å². The van der Waals surface area contributed by atoms with Crippen LogP contribution in [0.25, 0.3) is 0 Å². The first-order valence-electron chi connectivity index (χ1n) is 5.04. The average molecular weight is 242 g/mol. The average Bonchev–Trinajstić information content (AvgIpc) is 2.23. The summed E-state index contributed by atoms with van der Waals surface area (Å²) >= 11 is 5.70. The Morgan fingerprint density at radius 1 is 1.50 bits per heavy atom. The van der Waals surface area contributed by atoms with Crippen molar-refractivity contribution in [2.24, 2.45) is 5.41 Å². The van der Waals surface area contributed by atoms with Crippen molar-refractivity contribution in [1.82, 2.24) is 0 Å². The first-order valence-corrected chi connectivity index (χ1v) is 5.57. The van der Waals surface area contributed by atoms with Crippen molar-refractivity contribution in [3.05, 3.63) is 23.8 Å². The Morgan fingerprint density at radius 2 is 2.12 bits per heavy atom. The number of aromatic hydroxyl groups is 1. The van der Waals surface area contributed by atoms with Gasteiger partial charge in [-0.2, -0.15) is 0 Å². The van der Waals surface area contributed by atoms with Gasteiger partial charge in [-0.1, -0.05) is 6.07 Å². The molecule has 2 N–H and O–H groups in total. The maximum Gasteiger partial charge on any atom is 0.231 e. The van der Waals surface area contributed by atoms with Crippen LogP contribution in [0.5, 0.6) is 5.75 Å². The van der Waals surface area contributed by atoms with Crippen LogP contribution in [-0.4, -0.2) is 16.9 Å². The molecule has 0 atom stereocenters. The van der Waals surface area contributed by atoms with Crippen LogP contribution in [0, 0.1) is 12.3 Å². The molecule has 1 amide bonds. The molecule has 0 saturated carbocycles. The summed E-state index contributed by atoms with van der Waals surface area (Å²) in [5.74, 6) is 0.253. The van der Waals surface area contributed by atoms with E-state index in [1.165, 1.54) is 6.07 Å². The van der Waals surface area contributed by atoms with E-state index in [4.69, 9.17) is 11.6 Å². The Morgan fingerprint density at radius 3 is 2.62 bits per heavy atom. The van der Waals surface area contributed by atoms with Gasteiger partial charge in [0.2, 0.25) is 5.91 Å². The highest BCUT2D eigenvalue weighted by Gasteiger charge is 2.26. The molecule has 4 heteroatoms. The number of anilines is 1. The van der Waals surface area contributed by atoms with E-state index in [0.717, 1.165) is 5.56 Å². The zero-order chi connectivity index (χ0) is 12.3. The second kappa shape index (κ2) is 4.74. The normalized spacial score (nSPS) is 11.2. The Labute approximate surface area is 100 Å². The molecule has 88 valence electrons. The number of alkyl halides is 1. The quantitative estimate of drug-likeness (QED) is 0.800. The molecule has 1 aromatic carbocycles. The van der Waals surface area contributed by atoms with Gasteiger partial charge in [-0.25, -0.2) is 0 Å². The van der Waals surface area contributed by atoms with Crippen molar-refractivity contribution < 1.29 is 9.90 Å². The first-order chi connectivity index (χ1) is 7.36. The number of rotatable bonds is 3. The van der Waals surface area contributed by atoms with Crippen molar-refractivity contribution in [3.63, 3.8) is 0 Å². The van der Waals surface area contributed by atoms with E-state index in [0.29, 0.717) is 5.69 Å². The van der Waals surface area contributed by atoms with Crippen LogP contribution in [0.15, 0.2) is 18.2 Å². The Balaban J connectivity index is 2.82. The van der Waals surface area contributed by atoms with E-state index in [1.54, 1.807) is 32.9 Å². The summed E-state index contributed by atoms with van der Waals surface area (Å²) in [6.07, 6.45) is 0. The molecule has 0 aliphatic rings. The fourth-order valence-corrected chi connectivity index (χ4v) is 1.17. The van der Waals surface area contributed by atoms with Gasteiger partial charge >= 0.3 is 0 Å². The number of phenolic OH excluding ortho intramolecular Hbond substituents is 1. The smallest absolute Gasteiger partial charge is 0.231 e. The van der Waals surface area contributed by atoms with Crippen LogP contribution in [0.4, 0.5) is 5.69 Å². The number of hydrogen-bond donors (Lipinski definition) is 2. The van der Waals surface area contributed by atoms with Crippen LogP contribution in [0.1, 0.15) is 19.4 Å². The van der Waals surface area contributed by atoms with Crippen molar-refractivity contribution in [2.45, 2.75) is 20.8 Å². The predicted molar refractivity (Wildman–Crippen MR) is 66.0 cm³/mol. The minimum atomic E-state index is -0.623. The van der Waals surface area contributed by atoms with Crippen molar-refractivity contribution >= 4 is 23.2 Å². The molecule has 0 heterocycles. The summed E-state index contributed by atoms with van der Waals surface area (Å²) in [6.45, 7) is 5.33. The van der Waals surface area contributed by atoms with Crippen LogP contribution in [-0.2, 0) is 4.79 Å². The van der Waals surface area contributed by atoms with Crippen LogP contribution >= 0.6 is 11.6 Å². The number of hydrogen-bond acceptors (Lipinski definition) is 2. The molecule has 1 rings (SSSR count). The predicted octanol–water partition coefficient (Wildman–Crippen LogP) is 2.90. The molecule has 1 aromatic rings. The maximum atomic E-state index is 11.8. The lowest BCUT2D eigenvalue weighted by Gasteiger charge is -2.20. The molecular weight excluding hydrogens is 226 g/mol. The summed E-state index contributed by atoms with van der Waals surface area (Å²) < 4.78 is 0. The SMILES string of the molecule is Cc1ccc(NC(=O)C(C)(C)CCl)cc1O. The van der Waals surface area contributed by atoms with Gasteiger partial charge in [-0.05, 0) is 32.4 Å². The van der Waals surface area contributed by atoms with E-state index in [-0.39, 0.29) is 17.5 Å². The fourth-order valence-electron chi connectivity index (χ4n) is 1.05. The standard InChI is InChI=1S/C12H16ClNO2/c1-8-4-5-9(6-10(8)15)14-11(16)12(2,3)7-13/h4-6,15H,7H2,1-3H3,(H,14,16). The third-order valence-corrected chi connectivity index (χ3v) is 3.08. The van der Waals surface area contributed by atoms with Gasteiger partial charge in [-0.3, -0.25) is 4.79 Å². The molecule has 0 spiro atoms. The van der Waals surface area contributed by atoms with Crippen LogP contribution < -0.4 is 5.32 Å². The van der Waals surface area contributed by atoms with Gasteiger partial charge in [0.1, 0.15) is 5.75 Å². The van der Waals surface area contributed by atoms with E-state index in [9.17, 15) is 9.90 Å². The topological polar surface area (TPSA) is 49.3 Å². The third-order valence-electron chi connectivity index (χ3n) is 2.42. The lowest BCUT2D eigenvalue weighted by molar-refractivity contribution is -0.122. The summed E-state index contributed by atoms with van der Waals surface area (Å²) in [4.78, 5) is 11.8. The zero-order valence-corrected chi connectivity index (χ0v) is 10.4. The zero-order valence-electron chi connectivity index (χ0n) is 9.67. The van der Waals surface area contributed by atoms with Gasteiger partial charge in [0.25, 0.3) is 0 Å². The molecule has 16 heavy (non-hydrogen) atoms. The monoisotopic (exact) mass is 241 g/mol. The molecule has 0 aromatic heterocycles. The van der Waals surface area contributed by atoms with Crippen molar-refractivity contribution in [3.8, 4) is 5.75 Å². The summed E-state index contributed by atoms with van der Waals surface area (Å²) in [5, 5.41) is 12.2. The first kappa shape index (κ1) is 12.8. The highest BCUT2D eigenvalue weighted by atomic mass is 35.5. The molecule has 0 fully saturated rings. The van der Waals surface area contributed by atoms with Gasteiger partial charge in [0, 0.05) is 17.6 Å². The highest BCUT2D eigenvalue weighted by molar-refractivity contribution is 6.20. The number of carbonyl (C=O) groups excluding carboxylic acids is 1. The molecule has 0 unspecified atom stereocenters. The molecule has 3 nitrogen and oxygen atoms in total. The van der Waals surface area contributed by atoms with Crippen molar-refractivity contribution in [1.29, 1.82) is 0 Å². The van der Waals surface area contributed by atoms with E-state index < -0.39 is 5.41 Å². The number of amides is 1. The van der Waals surface area contributed by atoms with Crippen molar-refractivity contribution in [2.75, 3.05) is 11.2 Å². The number of halogens is 1. The van der Waals surface area contributed by atoms with Gasteiger partial charge in [0.05, 0.1) is 5.41 Å².